The number of Topliss-reactive ketones (excluding diaryl/α,β-unsaturated/α-hetero) is 1. The van der Waals surface area contributed by atoms with Gasteiger partial charge in [-0.15, -0.1) is 0 Å². The summed E-state index contributed by atoms with van der Waals surface area (Å²) in [6.45, 7) is 5.26. The predicted octanol–water partition coefficient (Wildman–Crippen LogP) is 3.57. The van der Waals surface area contributed by atoms with E-state index in [9.17, 15) is 9.59 Å². The molecule has 0 unspecified atom stereocenters. The van der Waals surface area contributed by atoms with E-state index in [0.717, 1.165) is 0 Å². The second-order valence-corrected chi connectivity index (χ2v) is 5.56. The summed E-state index contributed by atoms with van der Waals surface area (Å²) in [5, 5.41) is 11.7. The van der Waals surface area contributed by atoms with Crippen molar-refractivity contribution in [3.05, 3.63) is 53.6 Å². The van der Waals surface area contributed by atoms with Crippen LogP contribution in [0.2, 0.25) is 0 Å². The van der Waals surface area contributed by atoms with Gasteiger partial charge in [-0.25, -0.2) is 0 Å². The Morgan fingerprint density at radius 1 is 1.19 bits per heavy atom. The molecule has 0 aromatic heterocycles. The third kappa shape index (κ3) is 4.61. The van der Waals surface area contributed by atoms with E-state index in [1.165, 1.54) is 6.92 Å². The van der Waals surface area contributed by atoms with Crippen LogP contribution in [0.3, 0.4) is 0 Å². The number of rotatable bonds is 7. The summed E-state index contributed by atoms with van der Waals surface area (Å²) in [6.07, 6.45) is -0.831. The third-order valence-corrected chi connectivity index (χ3v) is 3.61. The van der Waals surface area contributed by atoms with Crippen molar-refractivity contribution < 1.29 is 19.1 Å². The molecule has 1 amide bonds. The van der Waals surface area contributed by atoms with Crippen LogP contribution < -0.4 is 14.8 Å². The fourth-order valence-electron chi connectivity index (χ4n) is 2.32. The van der Waals surface area contributed by atoms with Crippen LogP contribution in [0, 0.1) is 11.3 Å². The maximum atomic E-state index is 12.4. The van der Waals surface area contributed by atoms with Crippen molar-refractivity contribution in [2.75, 3.05) is 11.9 Å². The zero-order valence-corrected chi connectivity index (χ0v) is 14.9. The number of ether oxygens (including phenoxy) is 2. The maximum Gasteiger partial charge on any atom is 0.265 e. The highest BCUT2D eigenvalue weighted by Gasteiger charge is 2.19. The zero-order chi connectivity index (χ0) is 19.1. The number of ketones is 1. The van der Waals surface area contributed by atoms with Gasteiger partial charge in [0.1, 0.15) is 0 Å². The second-order valence-electron chi connectivity index (χ2n) is 5.56. The minimum absolute atomic E-state index is 0.139. The summed E-state index contributed by atoms with van der Waals surface area (Å²) in [4.78, 5) is 24.1. The van der Waals surface area contributed by atoms with Crippen molar-refractivity contribution in [3.63, 3.8) is 0 Å². The molecule has 0 aliphatic rings. The lowest BCUT2D eigenvalue weighted by Gasteiger charge is -2.18. The Morgan fingerprint density at radius 3 is 2.58 bits per heavy atom. The van der Waals surface area contributed by atoms with Crippen LogP contribution in [0.5, 0.6) is 11.5 Å². The fourth-order valence-corrected chi connectivity index (χ4v) is 2.32. The van der Waals surface area contributed by atoms with E-state index in [0.29, 0.717) is 34.9 Å². The molecule has 1 N–H and O–H groups in total. The number of anilines is 1. The summed E-state index contributed by atoms with van der Waals surface area (Å²) in [5.41, 5.74) is 1.31. The molecule has 0 aliphatic carbocycles. The summed E-state index contributed by atoms with van der Waals surface area (Å²) in [5.74, 6) is 0.231. The Bertz CT molecular complexity index is 855. The summed E-state index contributed by atoms with van der Waals surface area (Å²) < 4.78 is 11.2. The van der Waals surface area contributed by atoms with E-state index in [4.69, 9.17) is 14.7 Å². The highest BCUT2D eigenvalue weighted by Crippen LogP contribution is 2.29. The van der Waals surface area contributed by atoms with Crippen LogP contribution in [0.1, 0.15) is 36.7 Å². The van der Waals surface area contributed by atoms with E-state index < -0.39 is 12.0 Å². The fraction of sp³-hybridized carbons (Fsp3) is 0.250. The molecule has 0 saturated carbocycles. The SMILES string of the molecule is CCOc1cc(C#N)ccc1O[C@H](C)C(=O)Nc1ccccc1C(C)=O. The molecule has 6 heteroatoms. The summed E-state index contributed by atoms with van der Waals surface area (Å²) >= 11 is 0. The molecule has 1 atom stereocenters. The number of carbonyl (C=O) groups is 2. The molecular weight excluding hydrogens is 332 g/mol. The zero-order valence-electron chi connectivity index (χ0n) is 14.9. The molecule has 2 aromatic carbocycles. The van der Waals surface area contributed by atoms with E-state index in [-0.39, 0.29) is 5.78 Å². The average Bonchev–Trinajstić information content (AvgIpc) is 2.63. The van der Waals surface area contributed by atoms with E-state index in [1.807, 2.05) is 13.0 Å². The molecule has 0 radical (unpaired) electrons. The monoisotopic (exact) mass is 352 g/mol. The molecule has 2 rings (SSSR count). The quantitative estimate of drug-likeness (QED) is 0.770. The first kappa shape index (κ1) is 19.0. The Hall–Kier alpha value is -3.33. The van der Waals surface area contributed by atoms with Crippen molar-refractivity contribution >= 4 is 17.4 Å². The minimum atomic E-state index is -0.831. The van der Waals surface area contributed by atoms with Gasteiger partial charge in [0.25, 0.3) is 5.91 Å². The van der Waals surface area contributed by atoms with Gasteiger partial charge in [-0.3, -0.25) is 9.59 Å². The molecule has 6 nitrogen and oxygen atoms in total. The molecule has 0 spiro atoms. The highest BCUT2D eigenvalue weighted by atomic mass is 16.5. The number of hydrogen-bond donors (Lipinski definition) is 1. The second kappa shape index (κ2) is 8.67. The first-order valence-corrected chi connectivity index (χ1v) is 8.20. The standard InChI is InChI=1S/C20H20N2O4/c1-4-25-19-11-15(12-21)9-10-18(19)26-14(3)20(24)22-17-8-6-5-7-16(17)13(2)23/h5-11,14H,4H2,1-3H3,(H,22,24)/t14-/m1/s1. The maximum absolute atomic E-state index is 12.4. The molecule has 0 bridgehead atoms. The number of amides is 1. The largest absolute Gasteiger partial charge is 0.490 e. The number of nitrogens with one attached hydrogen (secondary N) is 1. The normalized spacial score (nSPS) is 11.2. The number of benzene rings is 2. The lowest BCUT2D eigenvalue weighted by Crippen LogP contribution is -2.30. The number of nitrogens with zero attached hydrogens (tertiary/aromatic N) is 1. The molecular formula is C20H20N2O4. The molecule has 0 aliphatic heterocycles. The van der Waals surface area contributed by atoms with Crippen LogP contribution >= 0.6 is 0 Å². The molecule has 2 aromatic rings. The average molecular weight is 352 g/mol. The van der Waals surface area contributed by atoms with Crippen molar-refractivity contribution in [2.45, 2.75) is 26.9 Å². The van der Waals surface area contributed by atoms with Crippen LogP contribution in [-0.4, -0.2) is 24.4 Å². The molecule has 0 heterocycles. The lowest BCUT2D eigenvalue weighted by molar-refractivity contribution is -0.122. The molecule has 0 fully saturated rings. The Morgan fingerprint density at radius 2 is 1.92 bits per heavy atom. The van der Waals surface area contributed by atoms with Gasteiger partial charge in [-0.1, -0.05) is 12.1 Å². The van der Waals surface area contributed by atoms with E-state index in [2.05, 4.69) is 5.32 Å². The van der Waals surface area contributed by atoms with Crippen molar-refractivity contribution in [1.29, 1.82) is 5.26 Å². The minimum Gasteiger partial charge on any atom is -0.490 e. The van der Waals surface area contributed by atoms with Crippen LogP contribution in [-0.2, 0) is 4.79 Å². The number of nitriles is 1. The predicted molar refractivity (Wildman–Crippen MR) is 97.5 cm³/mol. The van der Waals surface area contributed by atoms with Crippen molar-refractivity contribution in [3.8, 4) is 17.6 Å². The smallest absolute Gasteiger partial charge is 0.265 e. The first-order chi connectivity index (χ1) is 12.5. The topological polar surface area (TPSA) is 88.4 Å². The van der Waals surface area contributed by atoms with Gasteiger partial charge >= 0.3 is 0 Å². The first-order valence-electron chi connectivity index (χ1n) is 8.20. The lowest BCUT2D eigenvalue weighted by atomic mass is 10.1. The van der Waals surface area contributed by atoms with Crippen molar-refractivity contribution in [2.24, 2.45) is 0 Å². The number of para-hydroxylation sites is 1. The Labute approximate surface area is 152 Å². The van der Waals surface area contributed by atoms with Gasteiger partial charge in [0.15, 0.2) is 23.4 Å². The molecule has 134 valence electrons. The van der Waals surface area contributed by atoms with Gasteiger partial charge in [0.2, 0.25) is 0 Å². The van der Waals surface area contributed by atoms with E-state index >= 15 is 0 Å². The van der Waals surface area contributed by atoms with Crippen LogP contribution in [0.4, 0.5) is 5.69 Å². The van der Waals surface area contributed by atoms with Gasteiger partial charge in [0, 0.05) is 11.6 Å². The van der Waals surface area contributed by atoms with Gasteiger partial charge in [-0.2, -0.15) is 5.26 Å². The molecule has 0 saturated heterocycles. The molecule has 26 heavy (non-hydrogen) atoms. The van der Waals surface area contributed by atoms with Crippen molar-refractivity contribution in [1.82, 2.24) is 0 Å². The third-order valence-electron chi connectivity index (χ3n) is 3.61. The van der Waals surface area contributed by atoms with Gasteiger partial charge in [-0.05, 0) is 45.0 Å². The number of hydrogen-bond acceptors (Lipinski definition) is 5. The Balaban J connectivity index is 2.15. The van der Waals surface area contributed by atoms with Gasteiger partial charge < -0.3 is 14.8 Å². The van der Waals surface area contributed by atoms with Crippen LogP contribution in [0.25, 0.3) is 0 Å². The Kier molecular flexibility index (Phi) is 6.34. The van der Waals surface area contributed by atoms with E-state index in [1.54, 1.807) is 49.4 Å². The summed E-state index contributed by atoms with van der Waals surface area (Å²) in [6, 6.07) is 13.6. The summed E-state index contributed by atoms with van der Waals surface area (Å²) in [7, 11) is 0. The number of carbonyl (C=O) groups excluding carboxylic acids is 2. The van der Waals surface area contributed by atoms with Crippen LogP contribution in [0.15, 0.2) is 42.5 Å². The van der Waals surface area contributed by atoms with Gasteiger partial charge in [0.05, 0.1) is 23.9 Å². The highest BCUT2D eigenvalue weighted by molar-refractivity contribution is 6.04.